The van der Waals surface area contributed by atoms with Crippen molar-refractivity contribution in [2.45, 2.75) is 18.9 Å². The maximum Gasteiger partial charge on any atom is 0.254 e. The van der Waals surface area contributed by atoms with Crippen molar-refractivity contribution in [1.82, 2.24) is 9.80 Å². The summed E-state index contributed by atoms with van der Waals surface area (Å²) in [5.41, 5.74) is 0.0841. The predicted octanol–water partition coefficient (Wildman–Crippen LogP) is 2.13. The first kappa shape index (κ1) is 13.9. The first-order chi connectivity index (χ1) is 8.97. The van der Waals surface area contributed by atoms with Crippen LogP contribution in [0.15, 0.2) is 18.2 Å². The lowest BCUT2D eigenvalue weighted by molar-refractivity contribution is 0.0662. The molecule has 0 spiro atoms. The molecular weight excluding hydrogens is 250 g/mol. The van der Waals surface area contributed by atoms with Crippen LogP contribution >= 0.6 is 0 Å². The molecule has 1 aliphatic heterocycles. The van der Waals surface area contributed by atoms with E-state index in [4.69, 9.17) is 0 Å². The number of piperidine rings is 1. The fourth-order valence-electron chi connectivity index (χ4n) is 2.45. The highest BCUT2D eigenvalue weighted by Gasteiger charge is 2.25. The molecule has 1 aliphatic rings. The molecule has 1 fully saturated rings. The molecule has 0 unspecified atom stereocenters. The molecule has 0 atom stereocenters. The molecule has 0 aliphatic carbocycles. The van der Waals surface area contributed by atoms with Gasteiger partial charge in [-0.25, -0.2) is 8.78 Å². The van der Waals surface area contributed by atoms with Crippen molar-refractivity contribution in [2.24, 2.45) is 0 Å². The van der Waals surface area contributed by atoms with Gasteiger partial charge in [0.15, 0.2) is 0 Å². The summed E-state index contributed by atoms with van der Waals surface area (Å²) in [5.74, 6) is -1.73. The van der Waals surface area contributed by atoms with Crippen molar-refractivity contribution in [3.8, 4) is 0 Å². The van der Waals surface area contributed by atoms with E-state index in [-0.39, 0.29) is 11.5 Å². The number of carbonyl (C=O) groups is 1. The molecule has 5 heteroatoms. The van der Waals surface area contributed by atoms with Crippen LogP contribution in [0, 0.1) is 11.6 Å². The number of likely N-dealkylation sites (tertiary alicyclic amines) is 1. The van der Waals surface area contributed by atoms with Gasteiger partial charge in [-0.3, -0.25) is 4.79 Å². The Morgan fingerprint density at radius 2 is 1.68 bits per heavy atom. The van der Waals surface area contributed by atoms with Crippen LogP contribution in [0.5, 0.6) is 0 Å². The van der Waals surface area contributed by atoms with Crippen LogP contribution in [0.1, 0.15) is 23.2 Å². The van der Waals surface area contributed by atoms with E-state index < -0.39 is 11.6 Å². The van der Waals surface area contributed by atoms with Crippen LogP contribution in [0.4, 0.5) is 8.78 Å². The lowest BCUT2D eigenvalue weighted by atomic mass is 10.0. The summed E-state index contributed by atoms with van der Waals surface area (Å²) < 4.78 is 26.2. The minimum Gasteiger partial charge on any atom is -0.339 e. The molecule has 1 aromatic carbocycles. The Balaban J connectivity index is 2.05. The van der Waals surface area contributed by atoms with E-state index in [1.54, 1.807) is 4.90 Å². The minimum atomic E-state index is -0.716. The SMILES string of the molecule is CN(C)C1CCN(C(=O)c2cc(F)cc(F)c2)CC1. The normalized spacial score (nSPS) is 17.0. The van der Waals surface area contributed by atoms with E-state index in [2.05, 4.69) is 4.90 Å². The number of halogens is 2. The lowest BCUT2D eigenvalue weighted by Crippen LogP contribution is -2.44. The lowest BCUT2D eigenvalue weighted by Gasteiger charge is -2.35. The molecule has 0 aromatic heterocycles. The first-order valence-electron chi connectivity index (χ1n) is 6.39. The standard InChI is InChI=1S/C14H18F2N2O/c1-17(2)13-3-5-18(6-4-13)14(19)10-7-11(15)9-12(16)8-10/h7-9,13H,3-6H2,1-2H3. The average molecular weight is 268 g/mol. The van der Waals surface area contributed by atoms with E-state index >= 15 is 0 Å². The highest BCUT2D eigenvalue weighted by Crippen LogP contribution is 2.17. The van der Waals surface area contributed by atoms with Gasteiger partial charge >= 0.3 is 0 Å². The fraction of sp³-hybridized carbons (Fsp3) is 0.500. The van der Waals surface area contributed by atoms with Gasteiger partial charge in [-0.15, -0.1) is 0 Å². The number of benzene rings is 1. The highest BCUT2D eigenvalue weighted by atomic mass is 19.1. The number of carbonyl (C=O) groups excluding carboxylic acids is 1. The third-order valence-electron chi connectivity index (χ3n) is 3.59. The highest BCUT2D eigenvalue weighted by molar-refractivity contribution is 5.94. The summed E-state index contributed by atoms with van der Waals surface area (Å²) >= 11 is 0. The van der Waals surface area contributed by atoms with Crippen molar-refractivity contribution in [2.75, 3.05) is 27.2 Å². The summed E-state index contributed by atoms with van der Waals surface area (Å²) in [4.78, 5) is 16.0. The van der Waals surface area contributed by atoms with Crippen molar-refractivity contribution in [3.63, 3.8) is 0 Å². The zero-order valence-corrected chi connectivity index (χ0v) is 11.2. The number of rotatable bonds is 2. The largest absolute Gasteiger partial charge is 0.339 e. The fourth-order valence-corrected chi connectivity index (χ4v) is 2.45. The Morgan fingerprint density at radius 3 is 2.16 bits per heavy atom. The molecule has 1 saturated heterocycles. The van der Waals surface area contributed by atoms with E-state index in [0.29, 0.717) is 19.1 Å². The van der Waals surface area contributed by atoms with Crippen LogP contribution < -0.4 is 0 Å². The third kappa shape index (κ3) is 3.29. The maximum absolute atomic E-state index is 13.1. The van der Waals surface area contributed by atoms with Gasteiger partial charge in [0.1, 0.15) is 11.6 Å². The van der Waals surface area contributed by atoms with Gasteiger partial charge in [0, 0.05) is 30.8 Å². The van der Waals surface area contributed by atoms with E-state index in [9.17, 15) is 13.6 Å². The van der Waals surface area contributed by atoms with Crippen molar-refractivity contribution >= 4 is 5.91 Å². The Bertz CT molecular complexity index is 448. The number of nitrogens with zero attached hydrogens (tertiary/aromatic N) is 2. The molecule has 1 heterocycles. The van der Waals surface area contributed by atoms with Crippen molar-refractivity contribution < 1.29 is 13.6 Å². The van der Waals surface area contributed by atoms with Gasteiger partial charge in [0.25, 0.3) is 5.91 Å². The Kier molecular flexibility index (Phi) is 4.14. The second-order valence-corrected chi connectivity index (χ2v) is 5.15. The second-order valence-electron chi connectivity index (χ2n) is 5.15. The molecule has 0 N–H and O–H groups in total. The monoisotopic (exact) mass is 268 g/mol. The summed E-state index contributed by atoms with van der Waals surface area (Å²) in [6.45, 7) is 1.25. The van der Waals surface area contributed by atoms with Gasteiger partial charge in [0.05, 0.1) is 0 Å². The molecule has 1 amide bonds. The maximum atomic E-state index is 13.1. The molecule has 104 valence electrons. The topological polar surface area (TPSA) is 23.6 Å². The zero-order chi connectivity index (χ0) is 14.0. The summed E-state index contributed by atoms with van der Waals surface area (Å²) in [5, 5.41) is 0. The van der Waals surface area contributed by atoms with Crippen LogP contribution in [0.25, 0.3) is 0 Å². The number of amides is 1. The van der Waals surface area contributed by atoms with E-state index in [0.717, 1.165) is 31.0 Å². The van der Waals surface area contributed by atoms with Gasteiger partial charge in [0.2, 0.25) is 0 Å². The van der Waals surface area contributed by atoms with Crippen molar-refractivity contribution in [1.29, 1.82) is 0 Å². The van der Waals surface area contributed by atoms with Crippen LogP contribution in [-0.4, -0.2) is 48.9 Å². The van der Waals surface area contributed by atoms with Gasteiger partial charge < -0.3 is 9.80 Å². The Hall–Kier alpha value is -1.49. The summed E-state index contributed by atoms with van der Waals surface area (Å²) in [7, 11) is 4.04. The molecule has 1 aromatic rings. The van der Waals surface area contributed by atoms with Crippen LogP contribution in [0.3, 0.4) is 0 Å². The van der Waals surface area contributed by atoms with E-state index in [1.165, 1.54) is 0 Å². The molecular formula is C14H18F2N2O. The summed E-state index contributed by atoms with van der Waals surface area (Å²) in [6, 6.07) is 3.41. The van der Waals surface area contributed by atoms with Crippen LogP contribution in [-0.2, 0) is 0 Å². The molecule has 19 heavy (non-hydrogen) atoms. The van der Waals surface area contributed by atoms with Crippen LogP contribution in [0.2, 0.25) is 0 Å². The van der Waals surface area contributed by atoms with Gasteiger partial charge in [-0.05, 0) is 39.1 Å². The molecule has 0 saturated carbocycles. The molecule has 0 radical (unpaired) electrons. The third-order valence-corrected chi connectivity index (χ3v) is 3.59. The quantitative estimate of drug-likeness (QED) is 0.820. The Morgan fingerprint density at radius 1 is 1.16 bits per heavy atom. The molecule has 0 bridgehead atoms. The van der Waals surface area contributed by atoms with E-state index in [1.807, 2.05) is 14.1 Å². The van der Waals surface area contributed by atoms with Gasteiger partial charge in [-0.1, -0.05) is 0 Å². The predicted molar refractivity (Wildman–Crippen MR) is 69.0 cm³/mol. The number of hydrogen-bond acceptors (Lipinski definition) is 2. The molecule has 3 nitrogen and oxygen atoms in total. The minimum absolute atomic E-state index is 0.0841. The van der Waals surface area contributed by atoms with Crippen molar-refractivity contribution in [3.05, 3.63) is 35.4 Å². The second kappa shape index (κ2) is 5.65. The Labute approximate surface area is 111 Å². The smallest absolute Gasteiger partial charge is 0.254 e. The first-order valence-corrected chi connectivity index (χ1v) is 6.39. The summed E-state index contributed by atoms with van der Waals surface area (Å²) in [6.07, 6.45) is 1.77. The zero-order valence-electron chi connectivity index (χ0n) is 11.2. The average Bonchev–Trinajstić information content (AvgIpc) is 2.37. The number of hydrogen-bond donors (Lipinski definition) is 0. The van der Waals surface area contributed by atoms with Gasteiger partial charge in [-0.2, -0.15) is 0 Å². The molecule has 2 rings (SSSR count).